The fourth-order valence-corrected chi connectivity index (χ4v) is 5.01. The highest BCUT2D eigenvalue weighted by molar-refractivity contribution is 5.91. The van der Waals surface area contributed by atoms with Crippen molar-refractivity contribution < 1.29 is 13.9 Å². The molecule has 5 nitrogen and oxygen atoms in total. The lowest BCUT2D eigenvalue weighted by molar-refractivity contribution is -0.171. The van der Waals surface area contributed by atoms with Crippen molar-refractivity contribution >= 4 is 18.3 Å². The number of halogens is 2. The number of carbonyl (C=O) groups is 1. The molecule has 2 aliphatic carbocycles. The first-order valence-electron chi connectivity index (χ1n) is 8.82. The standard InChI is InChI=1S/C18H24FN3O2.ClH/c1-24-18(14-7-8-21-16(15(14)19)17(20)23)11-3-2-4-12(18)10-22(9-11)13-5-6-13;/h7-8,11-13H,2-6,9-10H2,1H3,(H2,20,23);1H/t11-,12+,18?;. The third-order valence-electron chi connectivity index (χ3n) is 6.17. The maximum absolute atomic E-state index is 15.1. The molecule has 3 aliphatic rings. The van der Waals surface area contributed by atoms with Crippen molar-refractivity contribution in [3.8, 4) is 0 Å². The molecule has 1 aromatic rings. The van der Waals surface area contributed by atoms with Gasteiger partial charge in [-0.3, -0.25) is 9.69 Å². The van der Waals surface area contributed by atoms with E-state index in [0.717, 1.165) is 32.4 Å². The van der Waals surface area contributed by atoms with Crippen LogP contribution in [0.15, 0.2) is 12.3 Å². The highest BCUT2D eigenvalue weighted by Gasteiger charge is 2.56. The van der Waals surface area contributed by atoms with Crippen molar-refractivity contribution in [3.63, 3.8) is 0 Å². The van der Waals surface area contributed by atoms with E-state index in [-0.39, 0.29) is 29.9 Å². The minimum Gasteiger partial charge on any atom is -0.373 e. The van der Waals surface area contributed by atoms with Crippen LogP contribution in [0.25, 0.3) is 0 Å². The van der Waals surface area contributed by atoms with Gasteiger partial charge in [-0.05, 0) is 31.7 Å². The van der Waals surface area contributed by atoms with E-state index in [1.165, 1.54) is 19.0 Å². The van der Waals surface area contributed by atoms with Crippen LogP contribution >= 0.6 is 12.4 Å². The average molecular weight is 370 g/mol. The molecule has 1 aliphatic heterocycles. The molecule has 0 radical (unpaired) electrons. The summed E-state index contributed by atoms with van der Waals surface area (Å²) in [5.74, 6) is -0.980. The molecule has 2 saturated carbocycles. The van der Waals surface area contributed by atoms with Gasteiger partial charge in [0.2, 0.25) is 0 Å². The van der Waals surface area contributed by atoms with Crippen LogP contribution in [0.1, 0.15) is 48.2 Å². The maximum atomic E-state index is 15.1. The van der Waals surface area contributed by atoms with Gasteiger partial charge >= 0.3 is 0 Å². The molecule has 1 amide bonds. The molecule has 0 spiro atoms. The number of amides is 1. The summed E-state index contributed by atoms with van der Waals surface area (Å²) < 4.78 is 21.1. The van der Waals surface area contributed by atoms with E-state index in [1.807, 2.05) is 0 Å². The lowest BCUT2D eigenvalue weighted by Crippen LogP contribution is -2.59. The molecule has 25 heavy (non-hydrogen) atoms. The molecular formula is C18H25ClFN3O2. The molecule has 138 valence electrons. The predicted molar refractivity (Wildman–Crippen MR) is 94.1 cm³/mol. The molecule has 1 aromatic heterocycles. The van der Waals surface area contributed by atoms with Crippen molar-refractivity contribution in [2.24, 2.45) is 17.6 Å². The summed E-state index contributed by atoms with van der Waals surface area (Å²) in [6.07, 6.45) is 7.20. The summed E-state index contributed by atoms with van der Waals surface area (Å²) in [7, 11) is 1.67. The fourth-order valence-electron chi connectivity index (χ4n) is 5.01. The first-order valence-corrected chi connectivity index (χ1v) is 8.82. The van der Waals surface area contributed by atoms with Gasteiger partial charge in [0.1, 0.15) is 5.60 Å². The van der Waals surface area contributed by atoms with Gasteiger partial charge in [-0.1, -0.05) is 6.42 Å². The number of nitrogens with two attached hydrogens (primary N) is 1. The lowest BCUT2D eigenvalue weighted by atomic mass is 9.62. The van der Waals surface area contributed by atoms with E-state index in [0.29, 0.717) is 11.6 Å². The van der Waals surface area contributed by atoms with Crippen molar-refractivity contribution in [1.29, 1.82) is 0 Å². The van der Waals surface area contributed by atoms with Crippen molar-refractivity contribution in [2.45, 2.75) is 43.7 Å². The molecule has 2 N–H and O–H groups in total. The smallest absolute Gasteiger partial charge is 0.270 e. The average Bonchev–Trinajstić information content (AvgIpc) is 3.38. The van der Waals surface area contributed by atoms with Crippen molar-refractivity contribution in [1.82, 2.24) is 9.88 Å². The minimum atomic E-state index is -0.832. The summed E-state index contributed by atoms with van der Waals surface area (Å²) in [6, 6.07) is 2.37. The Kier molecular flexibility index (Phi) is 5.06. The summed E-state index contributed by atoms with van der Waals surface area (Å²) >= 11 is 0. The van der Waals surface area contributed by atoms with Crippen LogP contribution in [-0.2, 0) is 10.3 Å². The largest absolute Gasteiger partial charge is 0.373 e. The number of likely N-dealkylation sites (tertiary alicyclic amines) is 1. The Morgan fingerprint density at radius 1 is 1.32 bits per heavy atom. The molecule has 2 bridgehead atoms. The number of rotatable bonds is 4. The molecule has 4 rings (SSSR count). The summed E-state index contributed by atoms with van der Waals surface area (Å²) in [6.45, 7) is 1.87. The van der Waals surface area contributed by atoms with Gasteiger partial charge in [0.25, 0.3) is 5.91 Å². The van der Waals surface area contributed by atoms with Crippen LogP contribution in [0, 0.1) is 17.7 Å². The molecule has 2 heterocycles. The number of primary amides is 1. The van der Waals surface area contributed by atoms with Gasteiger partial charge in [-0.2, -0.15) is 0 Å². The van der Waals surface area contributed by atoms with Gasteiger partial charge in [-0.15, -0.1) is 12.4 Å². The topological polar surface area (TPSA) is 68.5 Å². The van der Waals surface area contributed by atoms with E-state index < -0.39 is 17.3 Å². The number of carbonyl (C=O) groups excluding carboxylic acids is 1. The molecule has 3 atom stereocenters. The number of hydrogen-bond donors (Lipinski definition) is 1. The minimum absolute atomic E-state index is 0. The van der Waals surface area contributed by atoms with Crippen molar-refractivity contribution in [2.75, 3.05) is 20.2 Å². The van der Waals surface area contributed by atoms with Gasteiger partial charge in [0, 0.05) is 49.8 Å². The Balaban J connectivity index is 0.00000182. The van der Waals surface area contributed by atoms with E-state index in [1.54, 1.807) is 13.2 Å². The Hall–Kier alpha value is -1.24. The summed E-state index contributed by atoms with van der Waals surface area (Å²) in [5.41, 5.74) is 4.79. The van der Waals surface area contributed by atoms with Crippen LogP contribution in [0.2, 0.25) is 0 Å². The van der Waals surface area contributed by atoms with Gasteiger partial charge in [0.15, 0.2) is 11.5 Å². The van der Waals surface area contributed by atoms with E-state index in [4.69, 9.17) is 10.5 Å². The Bertz CT molecular complexity index is 654. The number of fused-ring (bicyclic) bond motifs is 2. The number of piperidine rings is 1. The third-order valence-corrected chi connectivity index (χ3v) is 6.17. The normalized spacial score (nSPS) is 32.1. The third kappa shape index (κ3) is 2.84. The molecule has 1 unspecified atom stereocenters. The van der Waals surface area contributed by atoms with Crippen LogP contribution in [0.5, 0.6) is 0 Å². The SMILES string of the molecule is COC1(c2ccnc(C(N)=O)c2F)[C@@H]2CCC[C@H]1CN(C1CC1)C2.Cl. The number of hydrogen-bond acceptors (Lipinski definition) is 4. The molecule has 3 fully saturated rings. The Morgan fingerprint density at radius 2 is 1.96 bits per heavy atom. The number of ether oxygens (including phenoxy) is 1. The van der Waals surface area contributed by atoms with Gasteiger partial charge in [0.05, 0.1) is 0 Å². The zero-order valence-corrected chi connectivity index (χ0v) is 15.2. The second-order valence-corrected chi connectivity index (χ2v) is 7.39. The van der Waals surface area contributed by atoms with E-state index in [9.17, 15) is 4.79 Å². The second kappa shape index (κ2) is 6.82. The first kappa shape index (κ1) is 18.5. The Morgan fingerprint density at radius 3 is 2.48 bits per heavy atom. The summed E-state index contributed by atoms with van der Waals surface area (Å²) in [5, 5.41) is 0. The number of pyridine rings is 1. The number of nitrogens with zero attached hydrogens (tertiary/aromatic N) is 2. The first-order chi connectivity index (χ1) is 11.6. The quantitative estimate of drug-likeness (QED) is 0.885. The van der Waals surface area contributed by atoms with Gasteiger partial charge in [-0.25, -0.2) is 9.37 Å². The zero-order valence-electron chi connectivity index (χ0n) is 14.4. The highest BCUT2D eigenvalue weighted by atomic mass is 35.5. The predicted octanol–water partition coefficient (Wildman–Crippen LogP) is 2.48. The number of aromatic nitrogens is 1. The maximum Gasteiger partial charge on any atom is 0.270 e. The van der Waals surface area contributed by atoms with E-state index >= 15 is 4.39 Å². The summed E-state index contributed by atoms with van der Waals surface area (Å²) in [4.78, 5) is 17.9. The molecule has 1 saturated heterocycles. The second-order valence-electron chi connectivity index (χ2n) is 7.39. The number of methoxy groups -OCH3 is 1. The van der Waals surface area contributed by atoms with Crippen molar-refractivity contribution in [3.05, 3.63) is 29.3 Å². The monoisotopic (exact) mass is 369 g/mol. The van der Waals surface area contributed by atoms with Crippen LogP contribution in [0.4, 0.5) is 4.39 Å². The zero-order chi connectivity index (χ0) is 16.9. The van der Waals surface area contributed by atoms with Crippen LogP contribution in [0.3, 0.4) is 0 Å². The lowest BCUT2D eigenvalue weighted by Gasteiger charge is -2.55. The van der Waals surface area contributed by atoms with E-state index in [2.05, 4.69) is 9.88 Å². The Labute approximate surface area is 153 Å². The molecular weight excluding hydrogens is 345 g/mol. The highest BCUT2D eigenvalue weighted by Crippen LogP contribution is 2.53. The molecule has 7 heteroatoms. The fraction of sp³-hybridized carbons (Fsp3) is 0.667. The van der Waals surface area contributed by atoms with Gasteiger partial charge < -0.3 is 10.5 Å². The molecule has 0 aromatic carbocycles. The van der Waals surface area contributed by atoms with Crippen LogP contribution < -0.4 is 5.73 Å². The van der Waals surface area contributed by atoms with Crippen LogP contribution in [-0.4, -0.2) is 42.0 Å².